The fraction of sp³-hybridized carbons (Fsp3) is 0.286. The molecule has 0 N–H and O–H groups in total. The molecule has 0 aromatic carbocycles. The second kappa shape index (κ2) is 6.47. The van der Waals surface area contributed by atoms with E-state index in [1.54, 1.807) is 22.7 Å². The minimum absolute atomic E-state index is 0.891. The summed E-state index contributed by atoms with van der Waals surface area (Å²) in [5.41, 5.74) is 0. The number of aromatic nitrogens is 2. The molecule has 0 fully saturated rings. The summed E-state index contributed by atoms with van der Waals surface area (Å²) >= 11 is 5.08. The monoisotopic (exact) mass is 321 g/mol. The molecule has 0 spiro atoms. The van der Waals surface area contributed by atoms with Crippen molar-refractivity contribution < 1.29 is 0 Å². The van der Waals surface area contributed by atoms with E-state index in [0.29, 0.717) is 0 Å². The van der Waals surface area contributed by atoms with Crippen molar-refractivity contribution in [3.63, 3.8) is 0 Å². The van der Waals surface area contributed by atoms with Crippen LogP contribution in [0.1, 0.15) is 22.5 Å². The van der Waals surface area contributed by atoms with Gasteiger partial charge in [0.1, 0.15) is 5.82 Å². The maximum absolute atomic E-state index is 4.63. The van der Waals surface area contributed by atoms with E-state index >= 15 is 0 Å². The molecule has 3 aromatic heterocycles. The second-order valence-electron chi connectivity index (χ2n) is 4.36. The van der Waals surface area contributed by atoms with Gasteiger partial charge in [-0.25, -0.2) is 4.98 Å². The lowest BCUT2D eigenvalue weighted by atomic mass is 10.4. The van der Waals surface area contributed by atoms with Crippen LogP contribution >= 0.6 is 34.2 Å². The third-order valence-corrected chi connectivity index (χ3v) is 5.43. The minimum Gasteiger partial charge on any atom is -0.337 e. The van der Waals surface area contributed by atoms with Crippen LogP contribution in [0.4, 0.5) is 5.13 Å². The average Bonchev–Trinajstić information content (AvgIpc) is 3.20. The first kappa shape index (κ1) is 13.7. The van der Waals surface area contributed by atoms with Crippen molar-refractivity contribution in [1.29, 1.82) is 0 Å². The summed E-state index contributed by atoms with van der Waals surface area (Å²) in [5.74, 6) is 0.937. The van der Waals surface area contributed by atoms with E-state index in [-0.39, 0.29) is 0 Å². The molecule has 0 aliphatic rings. The summed E-state index contributed by atoms with van der Waals surface area (Å²) in [7, 11) is 0. The average molecular weight is 321 g/mol. The van der Waals surface area contributed by atoms with Gasteiger partial charge in [-0.3, -0.25) is 0 Å². The molecule has 20 heavy (non-hydrogen) atoms. The fourth-order valence-electron chi connectivity index (χ4n) is 1.89. The van der Waals surface area contributed by atoms with Gasteiger partial charge in [0.05, 0.1) is 13.1 Å². The molecule has 3 aromatic rings. The molecule has 0 radical (unpaired) electrons. The van der Waals surface area contributed by atoms with Crippen molar-refractivity contribution >= 4 is 39.3 Å². The van der Waals surface area contributed by atoms with Gasteiger partial charge in [-0.15, -0.1) is 22.7 Å². The predicted octanol–water partition coefficient (Wildman–Crippen LogP) is 4.43. The highest BCUT2D eigenvalue weighted by molar-refractivity contribution is 7.10. The Morgan fingerprint density at radius 3 is 2.15 bits per heavy atom. The first-order valence-electron chi connectivity index (χ1n) is 6.47. The molecular formula is C14H15N3S3. The summed E-state index contributed by atoms with van der Waals surface area (Å²) in [5, 5.41) is 5.26. The zero-order valence-corrected chi connectivity index (χ0v) is 13.6. The third kappa shape index (κ3) is 3.26. The van der Waals surface area contributed by atoms with Crippen LogP contribution in [0, 0.1) is 0 Å². The van der Waals surface area contributed by atoms with E-state index in [1.165, 1.54) is 21.3 Å². The van der Waals surface area contributed by atoms with Crippen LogP contribution in [0.15, 0.2) is 35.0 Å². The van der Waals surface area contributed by atoms with E-state index in [9.17, 15) is 0 Å². The highest BCUT2D eigenvalue weighted by Gasteiger charge is 2.14. The van der Waals surface area contributed by atoms with E-state index in [0.717, 1.165) is 30.5 Å². The van der Waals surface area contributed by atoms with Gasteiger partial charge < -0.3 is 4.90 Å². The normalized spacial score (nSPS) is 10.8. The van der Waals surface area contributed by atoms with Crippen LogP contribution in [0.2, 0.25) is 0 Å². The molecule has 0 aliphatic heterocycles. The number of anilines is 1. The van der Waals surface area contributed by atoms with Gasteiger partial charge in [-0.1, -0.05) is 19.1 Å². The lowest BCUT2D eigenvalue weighted by Gasteiger charge is -2.19. The number of thiophene rings is 2. The van der Waals surface area contributed by atoms with Gasteiger partial charge in [0.15, 0.2) is 0 Å². The van der Waals surface area contributed by atoms with Crippen molar-refractivity contribution in [3.8, 4) is 0 Å². The van der Waals surface area contributed by atoms with Gasteiger partial charge >= 0.3 is 0 Å². The standard InChI is InChI=1S/C14H15N3S3/c1-2-13-15-14(20-16-13)17(9-11-5-3-7-18-11)10-12-6-4-8-19-12/h3-8H,2,9-10H2,1H3. The third-order valence-electron chi connectivity index (χ3n) is 2.90. The Balaban J connectivity index is 1.82. The van der Waals surface area contributed by atoms with E-state index in [1.807, 2.05) is 0 Å². The number of hydrogen-bond donors (Lipinski definition) is 0. The van der Waals surface area contributed by atoms with Crippen molar-refractivity contribution in [2.45, 2.75) is 26.4 Å². The number of aryl methyl sites for hydroxylation is 1. The van der Waals surface area contributed by atoms with Crippen LogP contribution in [-0.4, -0.2) is 9.36 Å². The van der Waals surface area contributed by atoms with E-state index in [4.69, 9.17) is 0 Å². The highest BCUT2D eigenvalue weighted by atomic mass is 32.1. The summed E-state index contributed by atoms with van der Waals surface area (Å²) in [6, 6.07) is 8.55. The number of hydrogen-bond acceptors (Lipinski definition) is 6. The maximum Gasteiger partial charge on any atom is 0.205 e. The molecule has 6 heteroatoms. The first-order valence-corrected chi connectivity index (χ1v) is 9.00. The Kier molecular flexibility index (Phi) is 4.44. The van der Waals surface area contributed by atoms with Crippen molar-refractivity contribution in [3.05, 3.63) is 50.6 Å². The van der Waals surface area contributed by atoms with Gasteiger partial charge in [0.25, 0.3) is 0 Å². The number of rotatable bonds is 6. The highest BCUT2D eigenvalue weighted by Crippen LogP contribution is 2.25. The molecule has 0 unspecified atom stereocenters. The molecule has 0 atom stereocenters. The fourth-order valence-corrected chi connectivity index (χ4v) is 4.08. The van der Waals surface area contributed by atoms with Crippen LogP contribution in [-0.2, 0) is 19.5 Å². The van der Waals surface area contributed by atoms with Crippen molar-refractivity contribution in [2.75, 3.05) is 4.90 Å². The second-order valence-corrected chi connectivity index (χ2v) is 7.16. The Labute approximate surface area is 130 Å². The molecule has 3 rings (SSSR count). The van der Waals surface area contributed by atoms with Crippen LogP contribution in [0.3, 0.4) is 0 Å². The Morgan fingerprint density at radius 1 is 1.05 bits per heavy atom. The van der Waals surface area contributed by atoms with Gasteiger partial charge in [-0.2, -0.15) is 4.37 Å². The zero-order valence-electron chi connectivity index (χ0n) is 11.2. The lowest BCUT2D eigenvalue weighted by Crippen LogP contribution is -2.20. The van der Waals surface area contributed by atoms with Crippen molar-refractivity contribution in [1.82, 2.24) is 9.36 Å². The lowest BCUT2D eigenvalue weighted by molar-refractivity contribution is 0.807. The topological polar surface area (TPSA) is 29.0 Å². The Hall–Kier alpha value is -1.24. The quantitative estimate of drug-likeness (QED) is 0.672. The Morgan fingerprint density at radius 2 is 1.70 bits per heavy atom. The molecule has 3 nitrogen and oxygen atoms in total. The zero-order chi connectivity index (χ0) is 13.8. The first-order chi connectivity index (χ1) is 9.85. The molecule has 0 aliphatic carbocycles. The Bertz CT molecular complexity index is 592. The van der Waals surface area contributed by atoms with E-state index < -0.39 is 0 Å². The minimum atomic E-state index is 0.891. The summed E-state index contributed by atoms with van der Waals surface area (Å²) < 4.78 is 4.41. The van der Waals surface area contributed by atoms with Gasteiger partial charge in [0, 0.05) is 27.7 Å². The van der Waals surface area contributed by atoms with Crippen molar-refractivity contribution in [2.24, 2.45) is 0 Å². The summed E-state index contributed by atoms with van der Waals surface area (Å²) in [6.45, 7) is 3.89. The molecular weight excluding hydrogens is 306 g/mol. The maximum atomic E-state index is 4.63. The van der Waals surface area contributed by atoms with Crippen LogP contribution in [0.5, 0.6) is 0 Å². The molecule has 104 valence electrons. The largest absolute Gasteiger partial charge is 0.337 e. The van der Waals surface area contributed by atoms with Gasteiger partial charge in [0.2, 0.25) is 5.13 Å². The molecule has 0 amide bonds. The number of nitrogens with zero attached hydrogens (tertiary/aromatic N) is 3. The van der Waals surface area contributed by atoms with Crippen LogP contribution in [0.25, 0.3) is 0 Å². The molecule has 0 bridgehead atoms. The molecule has 0 saturated heterocycles. The SMILES string of the molecule is CCc1nsc(N(Cc2cccs2)Cc2cccs2)n1. The van der Waals surface area contributed by atoms with Gasteiger partial charge in [-0.05, 0) is 22.9 Å². The smallest absolute Gasteiger partial charge is 0.205 e. The molecule has 3 heterocycles. The van der Waals surface area contributed by atoms with E-state index in [2.05, 4.69) is 56.2 Å². The summed E-state index contributed by atoms with van der Waals surface area (Å²) in [4.78, 5) is 9.66. The summed E-state index contributed by atoms with van der Waals surface area (Å²) in [6.07, 6.45) is 0.891. The van der Waals surface area contributed by atoms with Crippen LogP contribution < -0.4 is 4.90 Å². The molecule has 0 saturated carbocycles. The predicted molar refractivity (Wildman–Crippen MR) is 87.8 cm³/mol.